The van der Waals surface area contributed by atoms with Crippen LogP contribution < -0.4 is 0 Å². The van der Waals surface area contributed by atoms with E-state index in [1.54, 1.807) is 0 Å². The molecule has 0 saturated carbocycles. The number of hydrogen-bond acceptors (Lipinski definition) is 2. The minimum Gasteiger partial charge on any atom is -0.271 e. The Balaban J connectivity index is 2.72. The third-order valence-electron chi connectivity index (χ3n) is 1.02. The highest BCUT2D eigenvalue weighted by Crippen LogP contribution is 2.21. The molecule has 0 N–H and O–H groups in total. The molecule has 0 bridgehead atoms. The van der Waals surface area contributed by atoms with E-state index in [0.717, 1.165) is 0 Å². The Morgan fingerprint density at radius 2 is 2.25 bits per heavy atom. The number of hydrogen-bond donors (Lipinski definition) is 0. The number of amides is 1. The number of carbonyl (C=O) groups excluding carboxylic acids is 1. The second-order valence-electron chi connectivity index (χ2n) is 2.58. The lowest BCUT2D eigenvalue weighted by atomic mass is 10.0. The van der Waals surface area contributed by atoms with E-state index in [4.69, 9.17) is 0 Å². The van der Waals surface area contributed by atoms with Gasteiger partial charge in [-0.2, -0.15) is 5.11 Å². The van der Waals surface area contributed by atoms with Gasteiger partial charge in [0.15, 0.2) is 0 Å². The fourth-order valence-corrected chi connectivity index (χ4v) is 0.632. The molecule has 0 aromatic carbocycles. The maximum atomic E-state index is 10.4. The fourth-order valence-electron chi connectivity index (χ4n) is 0.632. The molecule has 0 radical (unpaired) electrons. The van der Waals surface area contributed by atoms with Gasteiger partial charge in [-0.3, -0.25) is 4.79 Å². The summed E-state index contributed by atoms with van der Waals surface area (Å²) in [6.45, 7) is 3.78. The van der Waals surface area contributed by atoms with Crippen LogP contribution >= 0.6 is 0 Å². The first-order chi connectivity index (χ1) is 3.60. The van der Waals surface area contributed by atoms with E-state index < -0.39 is 0 Å². The van der Waals surface area contributed by atoms with Gasteiger partial charge in [-0.25, -0.2) is 0 Å². The number of nitrogens with zero attached hydrogens (tertiary/aromatic N) is 2. The summed E-state index contributed by atoms with van der Waals surface area (Å²) in [7, 11) is 0. The zero-order valence-corrected chi connectivity index (χ0v) is 5.01. The summed E-state index contributed by atoms with van der Waals surface area (Å²) in [6.07, 6.45) is 0.465. The van der Waals surface area contributed by atoms with Crippen molar-refractivity contribution in [3.05, 3.63) is 0 Å². The third-order valence-corrected chi connectivity index (χ3v) is 1.02. The van der Waals surface area contributed by atoms with Crippen LogP contribution in [-0.2, 0) is 4.79 Å². The first-order valence-electron chi connectivity index (χ1n) is 2.56. The maximum Gasteiger partial charge on any atom is 0.266 e. The smallest absolute Gasteiger partial charge is 0.266 e. The predicted octanol–water partition coefficient (Wildman–Crippen LogP) is 1.15. The first-order valence-corrected chi connectivity index (χ1v) is 2.56. The molecule has 1 rings (SSSR count). The molecule has 0 aromatic heterocycles. The molecule has 1 aliphatic rings. The largest absolute Gasteiger partial charge is 0.271 e. The van der Waals surface area contributed by atoms with Crippen molar-refractivity contribution < 1.29 is 4.79 Å². The monoisotopic (exact) mass is 112 g/mol. The van der Waals surface area contributed by atoms with Gasteiger partial charge < -0.3 is 0 Å². The summed E-state index contributed by atoms with van der Waals surface area (Å²) in [5, 5.41) is 7.10. The van der Waals surface area contributed by atoms with Gasteiger partial charge in [0.05, 0.1) is 12.0 Å². The highest BCUT2D eigenvalue weighted by Gasteiger charge is 2.26. The predicted molar refractivity (Wildman–Crippen MR) is 28.6 cm³/mol. The molecule has 0 aliphatic carbocycles. The van der Waals surface area contributed by atoms with Crippen molar-refractivity contribution in [2.24, 2.45) is 10.2 Å². The Kier molecular flexibility index (Phi) is 0.927. The van der Waals surface area contributed by atoms with E-state index in [1.165, 1.54) is 0 Å². The lowest BCUT2D eigenvalue weighted by Crippen LogP contribution is -2.13. The molecule has 0 spiro atoms. The SMILES string of the molecule is CC1(C)CC(=O)N=N1. The van der Waals surface area contributed by atoms with E-state index in [-0.39, 0.29) is 11.4 Å². The van der Waals surface area contributed by atoms with Crippen LogP contribution in [-0.4, -0.2) is 11.4 Å². The average molecular weight is 112 g/mol. The molecule has 1 amide bonds. The van der Waals surface area contributed by atoms with Gasteiger partial charge in [-0.1, -0.05) is 0 Å². The third kappa shape index (κ3) is 0.911. The van der Waals surface area contributed by atoms with Crippen molar-refractivity contribution in [2.75, 3.05) is 0 Å². The van der Waals surface area contributed by atoms with Crippen molar-refractivity contribution in [1.82, 2.24) is 0 Å². The van der Waals surface area contributed by atoms with E-state index >= 15 is 0 Å². The highest BCUT2D eigenvalue weighted by atomic mass is 16.2. The van der Waals surface area contributed by atoms with Crippen LogP contribution in [0.4, 0.5) is 0 Å². The molecule has 0 atom stereocenters. The zero-order valence-electron chi connectivity index (χ0n) is 5.01. The zero-order chi connectivity index (χ0) is 6.20. The van der Waals surface area contributed by atoms with Crippen LogP contribution in [0.5, 0.6) is 0 Å². The molecule has 0 unspecified atom stereocenters. The Labute approximate surface area is 47.8 Å². The van der Waals surface area contributed by atoms with Crippen molar-refractivity contribution in [3.8, 4) is 0 Å². The van der Waals surface area contributed by atoms with Crippen LogP contribution in [0, 0.1) is 0 Å². The van der Waals surface area contributed by atoms with Crippen molar-refractivity contribution >= 4 is 5.91 Å². The number of azo groups is 1. The minimum absolute atomic E-state index is 0.102. The van der Waals surface area contributed by atoms with Gasteiger partial charge in [0, 0.05) is 0 Å². The fraction of sp³-hybridized carbons (Fsp3) is 0.800. The quantitative estimate of drug-likeness (QED) is 0.463. The number of carbonyl (C=O) groups is 1. The normalized spacial score (nSPS) is 24.5. The lowest BCUT2D eigenvalue weighted by molar-refractivity contribution is -0.117. The molecule has 0 aromatic rings. The van der Waals surface area contributed by atoms with Gasteiger partial charge in [0.2, 0.25) is 0 Å². The van der Waals surface area contributed by atoms with E-state index in [2.05, 4.69) is 10.2 Å². The highest BCUT2D eigenvalue weighted by molar-refractivity contribution is 5.79. The minimum atomic E-state index is -0.225. The van der Waals surface area contributed by atoms with E-state index in [0.29, 0.717) is 6.42 Å². The van der Waals surface area contributed by atoms with Crippen LogP contribution in [0.3, 0.4) is 0 Å². The molecular formula is C5H8N2O. The van der Waals surface area contributed by atoms with Crippen LogP contribution in [0.2, 0.25) is 0 Å². The lowest BCUT2D eigenvalue weighted by Gasteiger charge is -2.06. The Bertz CT molecular complexity index is 149. The van der Waals surface area contributed by atoms with Crippen LogP contribution in [0.25, 0.3) is 0 Å². The Hall–Kier alpha value is -0.730. The van der Waals surface area contributed by atoms with Crippen LogP contribution in [0.1, 0.15) is 20.3 Å². The second kappa shape index (κ2) is 1.37. The summed E-state index contributed by atoms with van der Waals surface area (Å²) < 4.78 is 0. The van der Waals surface area contributed by atoms with Crippen molar-refractivity contribution in [2.45, 2.75) is 25.8 Å². The summed E-state index contributed by atoms with van der Waals surface area (Å²) in [4.78, 5) is 10.4. The maximum absolute atomic E-state index is 10.4. The molecule has 3 heteroatoms. The van der Waals surface area contributed by atoms with Gasteiger partial charge in [-0.05, 0) is 13.8 Å². The summed E-state index contributed by atoms with van der Waals surface area (Å²) in [5.74, 6) is -0.102. The molecule has 1 heterocycles. The second-order valence-corrected chi connectivity index (χ2v) is 2.58. The first kappa shape index (κ1) is 5.41. The number of rotatable bonds is 0. The van der Waals surface area contributed by atoms with Gasteiger partial charge in [-0.15, -0.1) is 5.11 Å². The van der Waals surface area contributed by atoms with Gasteiger partial charge >= 0.3 is 0 Å². The van der Waals surface area contributed by atoms with Gasteiger partial charge in [0.1, 0.15) is 0 Å². The van der Waals surface area contributed by atoms with E-state index in [9.17, 15) is 4.79 Å². The van der Waals surface area contributed by atoms with E-state index in [1.807, 2.05) is 13.8 Å². The summed E-state index contributed by atoms with van der Waals surface area (Å²) in [6, 6.07) is 0. The van der Waals surface area contributed by atoms with Crippen molar-refractivity contribution in [3.63, 3.8) is 0 Å². The summed E-state index contributed by atoms with van der Waals surface area (Å²) >= 11 is 0. The van der Waals surface area contributed by atoms with Gasteiger partial charge in [0.25, 0.3) is 5.91 Å². The molecule has 0 fully saturated rings. The molecule has 8 heavy (non-hydrogen) atoms. The average Bonchev–Trinajstić information content (AvgIpc) is 1.82. The van der Waals surface area contributed by atoms with Crippen molar-refractivity contribution in [1.29, 1.82) is 0 Å². The molecule has 1 aliphatic heterocycles. The molecule has 44 valence electrons. The standard InChI is InChI=1S/C5H8N2O/c1-5(2)3-4(8)6-7-5/h3H2,1-2H3. The molecular weight excluding hydrogens is 104 g/mol. The topological polar surface area (TPSA) is 41.8 Å². The Morgan fingerprint density at radius 1 is 1.62 bits per heavy atom. The molecule has 0 saturated heterocycles. The van der Waals surface area contributed by atoms with Crippen LogP contribution in [0.15, 0.2) is 10.2 Å². The summed E-state index contributed by atoms with van der Waals surface area (Å²) in [5.41, 5.74) is -0.225. The molecule has 3 nitrogen and oxygen atoms in total. The Morgan fingerprint density at radius 3 is 2.38 bits per heavy atom.